The molecule has 42 heavy (non-hydrogen) atoms. The zero-order valence-electron chi connectivity index (χ0n) is 22.9. The molecule has 0 atom stereocenters. The quantitative estimate of drug-likeness (QED) is 0.219. The van der Waals surface area contributed by atoms with Gasteiger partial charge in [0.05, 0.1) is 5.41 Å². The molecule has 7 aromatic rings. The SMILES string of the molecule is c1ccc(C2(c3ccccc3)c3ccccc3-c3ccc(-c4ccc5c(c4)-c4cccc6cccc(c46)O5)cc32)cc1. The first kappa shape index (κ1) is 23.3. The van der Waals surface area contributed by atoms with Gasteiger partial charge in [-0.25, -0.2) is 0 Å². The van der Waals surface area contributed by atoms with Crippen LogP contribution in [-0.2, 0) is 5.41 Å². The summed E-state index contributed by atoms with van der Waals surface area (Å²) in [6.45, 7) is 0. The van der Waals surface area contributed by atoms with Crippen molar-refractivity contribution in [2.45, 2.75) is 5.41 Å². The fourth-order valence-corrected chi connectivity index (χ4v) is 7.37. The van der Waals surface area contributed by atoms with Crippen molar-refractivity contribution in [2.75, 3.05) is 0 Å². The van der Waals surface area contributed by atoms with E-state index in [4.69, 9.17) is 4.74 Å². The van der Waals surface area contributed by atoms with Crippen molar-refractivity contribution in [2.24, 2.45) is 0 Å². The van der Waals surface area contributed by atoms with Crippen LogP contribution in [-0.4, -0.2) is 0 Å². The number of benzene rings is 7. The molecular formula is C41H26O. The van der Waals surface area contributed by atoms with Gasteiger partial charge in [-0.3, -0.25) is 0 Å². The number of rotatable bonds is 3. The summed E-state index contributed by atoms with van der Waals surface area (Å²) >= 11 is 0. The van der Waals surface area contributed by atoms with Gasteiger partial charge in [-0.15, -0.1) is 0 Å². The lowest BCUT2D eigenvalue weighted by atomic mass is 9.67. The smallest absolute Gasteiger partial charge is 0.135 e. The van der Waals surface area contributed by atoms with E-state index in [1.54, 1.807) is 0 Å². The van der Waals surface area contributed by atoms with Crippen LogP contribution in [0.4, 0.5) is 0 Å². The Morgan fingerprint density at radius 3 is 1.79 bits per heavy atom. The molecule has 0 fully saturated rings. The van der Waals surface area contributed by atoms with Crippen LogP contribution in [0.25, 0.3) is 44.2 Å². The van der Waals surface area contributed by atoms with Gasteiger partial charge in [0.15, 0.2) is 0 Å². The molecule has 9 rings (SSSR count). The van der Waals surface area contributed by atoms with Crippen molar-refractivity contribution < 1.29 is 4.74 Å². The summed E-state index contributed by atoms with van der Waals surface area (Å²) < 4.78 is 6.41. The fourth-order valence-electron chi connectivity index (χ4n) is 7.37. The molecular weight excluding hydrogens is 508 g/mol. The summed E-state index contributed by atoms with van der Waals surface area (Å²) in [4.78, 5) is 0. The summed E-state index contributed by atoms with van der Waals surface area (Å²) in [5.41, 5.74) is 12.1. The van der Waals surface area contributed by atoms with E-state index in [0.717, 1.165) is 17.1 Å². The summed E-state index contributed by atoms with van der Waals surface area (Å²) in [5, 5.41) is 2.38. The largest absolute Gasteiger partial charge is 0.456 e. The highest BCUT2D eigenvalue weighted by atomic mass is 16.5. The number of hydrogen-bond acceptors (Lipinski definition) is 1. The third-order valence-electron chi connectivity index (χ3n) is 9.15. The molecule has 1 nitrogen and oxygen atoms in total. The molecule has 1 heterocycles. The molecule has 0 amide bonds. The standard InChI is InChI=1S/C41H26O/c1-3-13-30(14-4-1)41(31-15-5-2-6-16-31)36-19-8-7-17-32(36)33-23-21-29(26-37(33)41)28-22-24-38-35(25-28)34-18-9-11-27-12-10-20-39(42-38)40(27)34/h1-26H. The third-order valence-corrected chi connectivity index (χ3v) is 9.15. The van der Waals surface area contributed by atoms with Crippen molar-refractivity contribution in [3.05, 3.63) is 180 Å². The van der Waals surface area contributed by atoms with Gasteiger partial charge in [0.1, 0.15) is 11.5 Å². The first-order valence-corrected chi connectivity index (χ1v) is 14.5. The summed E-state index contributed by atoms with van der Waals surface area (Å²) in [5.74, 6) is 1.83. The highest BCUT2D eigenvalue weighted by molar-refractivity contribution is 6.04. The zero-order chi connectivity index (χ0) is 27.7. The van der Waals surface area contributed by atoms with Gasteiger partial charge >= 0.3 is 0 Å². The minimum absolute atomic E-state index is 0.410. The van der Waals surface area contributed by atoms with Crippen molar-refractivity contribution >= 4 is 10.8 Å². The van der Waals surface area contributed by atoms with E-state index in [0.29, 0.717) is 0 Å². The Balaban J connectivity index is 1.29. The highest BCUT2D eigenvalue weighted by Crippen LogP contribution is 2.57. The molecule has 7 aromatic carbocycles. The monoisotopic (exact) mass is 534 g/mol. The van der Waals surface area contributed by atoms with Crippen LogP contribution in [0, 0.1) is 0 Å². The molecule has 0 spiro atoms. The van der Waals surface area contributed by atoms with Crippen LogP contribution >= 0.6 is 0 Å². The summed E-state index contributed by atoms with van der Waals surface area (Å²) in [6, 6.07) is 57.3. The van der Waals surface area contributed by atoms with Crippen LogP contribution in [0.2, 0.25) is 0 Å². The van der Waals surface area contributed by atoms with Gasteiger partial charge in [0.25, 0.3) is 0 Å². The molecule has 196 valence electrons. The number of hydrogen-bond donors (Lipinski definition) is 0. The lowest BCUT2D eigenvalue weighted by molar-refractivity contribution is 0.487. The van der Waals surface area contributed by atoms with E-state index in [1.807, 2.05) is 0 Å². The number of fused-ring (bicyclic) bond motifs is 5. The van der Waals surface area contributed by atoms with E-state index in [2.05, 4.69) is 158 Å². The number of ether oxygens (including phenoxy) is 1. The van der Waals surface area contributed by atoms with Gasteiger partial charge in [-0.1, -0.05) is 133 Å². The molecule has 2 aliphatic rings. The highest BCUT2D eigenvalue weighted by Gasteiger charge is 2.46. The van der Waals surface area contributed by atoms with Crippen LogP contribution in [0.3, 0.4) is 0 Å². The fraction of sp³-hybridized carbons (Fsp3) is 0.0244. The van der Waals surface area contributed by atoms with E-state index in [9.17, 15) is 0 Å². The average Bonchev–Trinajstić information content (AvgIpc) is 3.36. The second-order valence-corrected chi connectivity index (χ2v) is 11.3. The lowest BCUT2D eigenvalue weighted by Crippen LogP contribution is -2.28. The predicted octanol–water partition coefficient (Wildman–Crippen LogP) is 10.6. The van der Waals surface area contributed by atoms with Gasteiger partial charge in [0.2, 0.25) is 0 Å². The molecule has 0 radical (unpaired) electrons. The second kappa shape index (κ2) is 8.80. The van der Waals surface area contributed by atoms with Crippen molar-refractivity contribution in [3.8, 4) is 44.9 Å². The van der Waals surface area contributed by atoms with Crippen LogP contribution in [0.1, 0.15) is 22.3 Å². The Bertz CT molecular complexity index is 2110. The molecule has 1 heteroatoms. The first-order chi connectivity index (χ1) is 20.8. The van der Waals surface area contributed by atoms with E-state index < -0.39 is 5.41 Å². The molecule has 0 unspecified atom stereocenters. The predicted molar refractivity (Wildman–Crippen MR) is 172 cm³/mol. The topological polar surface area (TPSA) is 9.23 Å². The molecule has 0 bridgehead atoms. The van der Waals surface area contributed by atoms with Gasteiger partial charge in [-0.05, 0) is 79.7 Å². The Morgan fingerprint density at radius 2 is 1.00 bits per heavy atom. The van der Waals surface area contributed by atoms with E-state index in [1.165, 1.54) is 60.8 Å². The maximum atomic E-state index is 6.41. The Morgan fingerprint density at radius 1 is 0.381 bits per heavy atom. The van der Waals surface area contributed by atoms with Gasteiger partial charge < -0.3 is 4.74 Å². The third kappa shape index (κ3) is 3.14. The van der Waals surface area contributed by atoms with Gasteiger partial charge in [0, 0.05) is 10.9 Å². The first-order valence-electron chi connectivity index (χ1n) is 14.5. The Hall–Kier alpha value is -5.40. The Labute approximate surface area is 245 Å². The normalized spacial score (nSPS) is 13.6. The minimum atomic E-state index is -0.410. The summed E-state index contributed by atoms with van der Waals surface area (Å²) in [6.07, 6.45) is 0. The van der Waals surface area contributed by atoms with Gasteiger partial charge in [-0.2, -0.15) is 0 Å². The zero-order valence-corrected chi connectivity index (χ0v) is 22.9. The molecule has 0 N–H and O–H groups in total. The van der Waals surface area contributed by atoms with Crippen molar-refractivity contribution in [3.63, 3.8) is 0 Å². The van der Waals surface area contributed by atoms with E-state index >= 15 is 0 Å². The molecule has 1 aliphatic carbocycles. The van der Waals surface area contributed by atoms with Crippen molar-refractivity contribution in [1.29, 1.82) is 0 Å². The molecule has 1 aliphatic heterocycles. The van der Waals surface area contributed by atoms with Crippen LogP contribution in [0.5, 0.6) is 11.5 Å². The minimum Gasteiger partial charge on any atom is -0.456 e. The van der Waals surface area contributed by atoms with Crippen molar-refractivity contribution in [1.82, 2.24) is 0 Å². The maximum Gasteiger partial charge on any atom is 0.135 e. The molecule has 0 saturated carbocycles. The second-order valence-electron chi connectivity index (χ2n) is 11.3. The maximum absolute atomic E-state index is 6.41. The van der Waals surface area contributed by atoms with Crippen LogP contribution in [0.15, 0.2) is 158 Å². The summed E-state index contributed by atoms with van der Waals surface area (Å²) in [7, 11) is 0. The molecule has 0 saturated heterocycles. The van der Waals surface area contributed by atoms with Crippen LogP contribution < -0.4 is 4.74 Å². The lowest BCUT2D eigenvalue weighted by Gasteiger charge is -2.34. The average molecular weight is 535 g/mol. The van der Waals surface area contributed by atoms with E-state index in [-0.39, 0.29) is 0 Å². The Kier molecular flexibility index (Phi) is 4.88. The molecule has 0 aromatic heterocycles.